The van der Waals surface area contributed by atoms with Crippen LogP contribution in [0.4, 0.5) is 0 Å². The zero-order chi connectivity index (χ0) is 13.8. The maximum atomic E-state index is 7.56. The van der Waals surface area contributed by atoms with Crippen LogP contribution in [0.15, 0.2) is 0 Å². The van der Waals surface area contributed by atoms with Gasteiger partial charge in [-0.25, -0.2) is 0 Å². The molecule has 0 aliphatic rings. The monoisotopic (exact) mass is 379 g/mol. The van der Waals surface area contributed by atoms with Gasteiger partial charge in [-0.15, -0.1) is 0 Å². The van der Waals surface area contributed by atoms with Crippen LogP contribution in [0.1, 0.15) is 26.2 Å². The van der Waals surface area contributed by atoms with Crippen LogP contribution < -0.4 is 5.73 Å². The molecule has 0 aliphatic heterocycles. The van der Waals surface area contributed by atoms with Crippen LogP contribution in [0.3, 0.4) is 0 Å². The van der Waals surface area contributed by atoms with Crippen molar-refractivity contribution in [3.63, 3.8) is 0 Å². The molecule has 0 aliphatic carbocycles. The van der Waals surface area contributed by atoms with Gasteiger partial charge in [-0.1, -0.05) is 19.8 Å². The molecule has 0 aromatic carbocycles. The van der Waals surface area contributed by atoms with Gasteiger partial charge in [-0.2, -0.15) is 0 Å². The number of hydrogen-bond acceptors (Lipinski definition) is 3. The van der Waals surface area contributed by atoms with E-state index < -0.39 is 13.4 Å². The predicted molar refractivity (Wildman–Crippen MR) is 70.5 cm³/mol. The van der Waals surface area contributed by atoms with Crippen LogP contribution in [0.25, 0.3) is 0 Å². The second kappa shape index (κ2) is 15.7. The standard InChI is InChI=1S/C5H13N.2H3O3PS.Zn/c1-2-3-4-5-6;2*1-4(2,3)5;/h2-6H2,1H3;2*(H3,1,2,3,5);. The Balaban J connectivity index is -0.0000000729. The molecule has 104 valence electrons. The molecule has 0 amide bonds. The van der Waals surface area contributed by atoms with Gasteiger partial charge in [0.05, 0.1) is 0 Å². The molecule has 12 heteroatoms. The molecule has 8 N–H and O–H groups in total. The van der Waals surface area contributed by atoms with Crippen LogP contribution >= 0.6 is 13.4 Å². The second-order valence-electron chi connectivity index (χ2n) is 2.52. The van der Waals surface area contributed by atoms with Gasteiger partial charge in [0, 0.05) is 19.5 Å². The molecule has 0 saturated heterocycles. The van der Waals surface area contributed by atoms with Gasteiger partial charge in [-0.3, -0.25) is 0 Å². The third kappa shape index (κ3) is 200. The number of hydrogen-bond donors (Lipinski definition) is 7. The first kappa shape index (κ1) is 27.1. The number of nitrogens with two attached hydrogens (primary N) is 1. The Bertz CT molecular complexity index is 194. The van der Waals surface area contributed by atoms with Crippen LogP contribution in [-0.2, 0) is 43.1 Å². The number of rotatable bonds is 3. The molecule has 0 aromatic heterocycles. The van der Waals surface area contributed by atoms with Crippen molar-refractivity contribution in [1.29, 1.82) is 0 Å². The predicted octanol–water partition coefficient (Wildman–Crippen LogP) is -0.492. The van der Waals surface area contributed by atoms with Gasteiger partial charge < -0.3 is 35.1 Å². The second-order valence-corrected chi connectivity index (χ2v) is 7.51. The van der Waals surface area contributed by atoms with Crippen molar-refractivity contribution in [3.05, 3.63) is 0 Å². The van der Waals surface area contributed by atoms with Gasteiger partial charge in [0.2, 0.25) is 0 Å². The molecular weight excluding hydrogens is 362 g/mol. The van der Waals surface area contributed by atoms with Crippen molar-refractivity contribution >= 4 is 37.1 Å². The first-order valence-electron chi connectivity index (χ1n) is 4.18. The van der Waals surface area contributed by atoms with Crippen LogP contribution in [0, 0.1) is 0 Å². The Kier molecular flexibility index (Phi) is 25.0. The van der Waals surface area contributed by atoms with Gasteiger partial charge in [0.25, 0.3) is 0 Å². The van der Waals surface area contributed by atoms with Crippen molar-refractivity contribution in [1.82, 2.24) is 0 Å². The molecular formula is C5H19NO6P2S2Zn. The van der Waals surface area contributed by atoms with Crippen molar-refractivity contribution in [2.75, 3.05) is 6.54 Å². The van der Waals surface area contributed by atoms with Gasteiger partial charge in [0.1, 0.15) is 0 Å². The Morgan fingerprint density at radius 3 is 1.18 bits per heavy atom. The molecule has 0 rings (SSSR count). The summed E-state index contributed by atoms with van der Waals surface area (Å²) in [6.07, 6.45) is 3.75. The summed E-state index contributed by atoms with van der Waals surface area (Å²) in [4.78, 5) is 45.3. The van der Waals surface area contributed by atoms with E-state index in [1.807, 2.05) is 0 Å². The zero-order valence-corrected chi connectivity index (χ0v) is 15.9. The molecule has 0 atom stereocenters. The van der Waals surface area contributed by atoms with Crippen molar-refractivity contribution in [2.24, 2.45) is 5.73 Å². The Morgan fingerprint density at radius 2 is 1.12 bits per heavy atom. The molecule has 0 radical (unpaired) electrons. The van der Waals surface area contributed by atoms with Crippen molar-refractivity contribution in [3.8, 4) is 0 Å². The Hall–Kier alpha value is 1.64. The molecule has 0 bridgehead atoms. The van der Waals surface area contributed by atoms with E-state index in [1.54, 1.807) is 0 Å². The average Bonchev–Trinajstić information content (AvgIpc) is 1.94. The maximum absolute atomic E-state index is 7.56. The fourth-order valence-corrected chi connectivity index (χ4v) is 0.394. The molecule has 0 saturated carbocycles. The summed E-state index contributed by atoms with van der Waals surface area (Å²) >= 11 is 7.21. The van der Waals surface area contributed by atoms with Crippen LogP contribution in [0.5, 0.6) is 0 Å². The molecule has 0 heterocycles. The summed E-state index contributed by atoms with van der Waals surface area (Å²) in [6.45, 7) is -4.58. The van der Waals surface area contributed by atoms with Gasteiger partial charge in [-0.05, 0) is 36.6 Å². The molecule has 7 nitrogen and oxygen atoms in total. The fourth-order valence-electron chi connectivity index (χ4n) is 0.394. The summed E-state index contributed by atoms with van der Waals surface area (Å²) in [7, 11) is 0. The van der Waals surface area contributed by atoms with E-state index in [9.17, 15) is 0 Å². The Labute approximate surface area is 124 Å². The van der Waals surface area contributed by atoms with E-state index in [1.165, 1.54) is 19.3 Å². The normalized spacial score (nSPS) is 10.1. The average molecular weight is 381 g/mol. The van der Waals surface area contributed by atoms with E-state index in [0.29, 0.717) is 0 Å². The van der Waals surface area contributed by atoms with Gasteiger partial charge in [0.15, 0.2) is 0 Å². The van der Waals surface area contributed by atoms with Gasteiger partial charge >= 0.3 is 13.4 Å². The summed E-state index contributed by atoms with van der Waals surface area (Å²) in [5.74, 6) is 0. The topological polar surface area (TPSA) is 147 Å². The summed E-state index contributed by atoms with van der Waals surface area (Å²) < 4.78 is 0. The van der Waals surface area contributed by atoms with E-state index >= 15 is 0 Å². The fraction of sp³-hybridized carbons (Fsp3) is 1.00. The maximum Gasteiger partial charge on any atom is 0.319 e. The third-order valence-corrected chi connectivity index (χ3v) is 0.808. The van der Waals surface area contributed by atoms with E-state index in [2.05, 4.69) is 30.5 Å². The third-order valence-electron chi connectivity index (χ3n) is 0.808. The van der Waals surface area contributed by atoms with Crippen LogP contribution in [0.2, 0.25) is 0 Å². The van der Waals surface area contributed by atoms with E-state index in [4.69, 9.17) is 35.1 Å². The van der Waals surface area contributed by atoms with Crippen LogP contribution in [-0.4, -0.2) is 35.9 Å². The first-order chi connectivity index (χ1) is 6.91. The molecule has 0 unspecified atom stereocenters. The SMILES string of the molecule is CCCCCN.OP(O)(O)=S.OP(O)(O)=S.[Zn]. The molecule has 0 fully saturated rings. The summed E-state index contributed by atoms with van der Waals surface area (Å²) in [5.41, 5.74) is 5.21. The quantitative estimate of drug-likeness (QED) is 0.196. The minimum Gasteiger partial charge on any atom is -0.330 e. The summed E-state index contributed by atoms with van der Waals surface area (Å²) in [5, 5.41) is 0. The molecule has 0 aromatic rings. The molecule has 0 spiro atoms. The largest absolute Gasteiger partial charge is 0.330 e. The van der Waals surface area contributed by atoms with E-state index in [0.717, 1.165) is 6.54 Å². The Morgan fingerprint density at radius 1 is 0.882 bits per heavy atom. The van der Waals surface area contributed by atoms with Crippen molar-refractivity contribution in [2.45, 2.75) is 26.2 Å². The minimum atomic E-state index is -3.81. The summed E-state index contributed by atoms with van der Waals surface area (Å²) in [6, 6.07) is 0. The first-order valence-corrected chi connectivity index (χ1v) is 9.50. The minimum absolute atomic E-state index is 0. The smallest absolute Gasteiger partial charge is 0.319 e. The number of unbranched alkanes of at least 4 members (excludes halogenated alkanes) is 2. The van der Waals surface area contributed by atoms with Crippen molar-refractivity contribution < 1.29 is 48.8 Å². The van der Waals surface area contributed by atoms with E-state index in [-0.39, 0.29) is 19.5 Å². The molecule has 17 heavy (non-hydrogen) atoms. The zero-order valence-electron chi connectivity index (χ0n) is 9.51.